The average Bonchev–Trinajstić information content (AvgIpc) is 2.65. The third-order valence-corrected chi connectivity index (χ3v) is 4.87. The number of hydrogen-bond acceptors (Lipinski definition) is 2. The molecule has 2 N–H and O–H groups in total. The maximum Gasteiger partial charge on any atom is 0.416 e. The maximum absolute atomic E-state index is 13.1. The molecule has 8 heteroatoms. The van der Waals surface area contributed by atoms with Crippen LogP contribution in [0.2, 0.25) is 0 Å². The molecule has 0 unspecified atom stereocenters. The zero-order valence-corrected chi connectivity index (χ0v) is 17.8. The molecule has 0 saturated carbocycles. The van der Waals surface area contributed by atoms with E-state index in [4.69, 9.17) is 0 Å². The fourth-order valence-electron chi connectivity index (χ4n) is 3.11. The second-order valence-electron chi connectivity index (χ2n) is 7.86. The van der Waals surface area contributed by atoms with E-state index in [1.807, 2.05) is 20.8 Å². The summed E-state index contributed by atoms with van der Waals surface area (Å²) in [6, 6.07) is 3.24. The van der Waals surface area contributed by atoms with E-state index in [0.717, 1.165) is 30.5 Å². The molecule has 0 bridgehead atoms. The van der Waals surface area contributed by atoms with E-state index in [-0.39, 0.29) is 23.6 Å². The Bertz CT molecular complexity index is 971. The van der Waals surface area contributed by atoms with Crippen molar-refractivity contribution in [2.45, 2.75) is 52.4 Å². The van der Waals surface area contributed by atoms with Crippen molar-refractivity contribution in [2.75, 3.05) is 0 Å². The van der Waals surface area contributed by atoms with Crippen molar-refractivity contribution in [3.63, 3.8) is 0 Å². The number of halogens is 6. The average molecular weight is 458 g/mol. The van der Waals surface area contributed by atoms with Crippen molar-refractivity contribution in [3.8, 4) is 22.6 Å². The summed E-state index contributed by atoms with van der Waals surface area (Å²) in [7, 11) is 0. The molecule has 2 rings (SSSR count). The minimum Gasteiger partial charge on any atom is -0.507 e. The van der Waals surface area contributed by atoms with Crippen molar-refractivity contribution in [1.29, 1.82) is 0 Å². The van der Waals surface area contributed by atoms with Crippen molar-refractivity contribution >= 4 is 0 Å². The first kappa shape index (κ1) is 25.4. The summed E-state index contributed by atoms with van der Waals surface area (Å²) in [6.07, 6.45) is -4.34. The molecular weight excluding hydrogens is 434 g/mol. The van der Waals surface area contributed by atoms with Crippen molar-refractivity contribution in [2.24, 2.45) is 0 Å². The molecule has 0 aliphatic carbocycles. The van der Waals surface area contributed by atoms with Gasteiger partial charge in [0.2, 0.25) is 0 Å². The van der Waals surface area contributed by atoms with E-state index in [1.54, 1.807) is 6.08 Å². The number of aromatic hydroxyl groups is 2. The topological polar surface area (TPSA) is 40.5 Å². The van der Waals surface area contributed by atoms with Crippen molar-refractivity contribution in [1.82, 2.24) is 0 Å². The molecule has 0 radical (unpaired) electrons. The predicted octanol–water partition coefficient (Wildman–Crippen LogP) is 8.04. The van der Waals surface area contributed by atoms with Crippen LogP contribution in [-0.2, 0) is 18.8 Å². The number of rotatable bonds is 6. The molecule has 0 fully saturated rings. The fourth-order valence-corrected chi connectivity index (χ4v) is 3.11. The van der Waals surface area contributed by atoms with Crippen LogP contribution in [0.25, 0.3) is 11.1 Å². The zero-order valence-electron chi connectivity index (χ0n) is 17.8. The number of phenolic OH excluding ortho intramolecular Hbond substituents is 2. The minimum atomic E-state index is -4.99. The van der Waals surface area contributed by atoms with Gasteiger partial charge in [-0.1, -0.05) is 23.3 Å². The quantitative estimate of drug-likeness (QED) is 0.340. The molecule has 0 heterocycles. The van der Waals surface area contributed by atoms with Gasteiger partial charge in [-0.15, -0.1) is 0 Å². The largest absolute Gasteiger partial charge is 0.507 e. The Balaban J connectivity index is 2.40. The first-order valence-electron chi connectivity index (χ1n) is 9.82. The Labute approximate surface area is 182 Å². The van der Waals surface area contributed by atoms with E-state index < -0.39 is 40.5 Å². The third-order valence-electron chi connectivity index (χ3n) is 4.87. The van der Waals surface area contributed by atoms with E-state index in [0.29, 0.717) is 12.1 Å². The number of alkyl halides is 6. The second-order valence-corrected chi connectivity index (χ2v) is 7.86. The molecule has 0 saturated heterocycles. The first-order chi connectivity index (χ1) is 14.7. The lowest BCUT2D eigenvalue weighted by Gasteiger charge is -2.15. The van der Waals surface area contributed by atoms with Gasteiger partial charge in [0.1, 0.15) is 11.5 Å². The molecule has 0 aliphatic heterocycles. The van der Waals surface area contributed by atoms with Crippen LogP contribution in [0.5, 0.6) is 11.5 Å². The highest BCUT2D eigenvalue weighted by Gasteiger charge is 2.37. The third kappa shape index (κ3) is 6.80. The molecule has 2 aromatic carbocycles. The van der Waals surface area contributed by atoms with E-state index in [9.17, 15) is 36.6 Å². The van der Waals surface area contributed by atoms with Gasteiger partial charge in [0.05, 0.1) is 11.1 Å². The summed E-state index contributed by atoms with van der Waals surface area (Å²) >= 11 is 0. The molecule has 0 aromatic heterocycles. The van der Waals surface area contributed by atoms with Gasteiger partial charge >= 0.3 is 12.4 Å². The van der Waals surface area contributed by atoms with Gasteiger partial charge in [0.15, 0.2) is 0 Å². The van der Waals surface area contributed by atoms with Gasteiger partial charge in [-0.25, -0.2) is 0 Å². The normalized spacial score (nSPS) is 12.7. The van der Waals surface area contributed by atoms with Gasteiger partial charge < -0.3 is 10.2 Å². The van der Waals surface area contributed by atoms with Crippen LogP contribution in [0.1, 0.15) is 50.3 Å². The highest BCUT2D eigenvalue weighted by molar-refractivity contribution is 5.70. The summed E-state index contributed by atoms with van der Waals surface area (Å²) < 4.78 is 78.6. The SMILES string of the molecule is CC(C)=CCC/C(C)=C/Cc1c(O)cc(-c2cc(C(F)(F)F)cc(C(F)(F)F)c2)cc1O. The lowest BCUT2D eigenvalue weighted by atomic mass is 9.96. The lowest BCUT2D eigenvalue weighted by molar-refractivity contribution is -0.143. The van der Waals surface area contributed by atoms with Gasteiger partial charge in [-0.05, 0) is 81.5 Å². The minimum absolute atomic E-state index is 0.0282. The standard InChI is InChI=1S/C24H24F6O2/c1-14(2)5-4-6-15(3)7-8-20-21(31)11-17(12-22(20)32)16-9-18(23(25,26)27)13-19(10-16)24(28,29)30/h5,7,9-13,31-32H,4,6,8H2,1-3H3/b15-7+. The Morgan fingerprint density at radius 2 is 1.22 bits per heavy atom. The molecule has 32 heavy (non-hydrogen) atoms. The molecule has 174 valence electrons. The summed E-state index contributed by atoms with van der Waals surface area (Å²) in [5.41, 5.74) is -1.19. The predicted molar refractivity (Wildman–Crippen MR) is 111 cm³/mol. The van der Waals surface area contributed by atoms with Crippen LogP contribution in [0.4, 0.5) is 26.3 Å². The number of phenols is 2. The van der Waals surface area contributed by atoms with E-state index >= 15 is 0 Å². The highest BCUT2D eigenvalue weighted by atomic mass is 19.4. The maximum atomic E-state index is 13.1. The van der Waals surface area contributed by atoms with Crippen LogP contribution in [0.3, 0.4) is 0 Å². The zero-order chi connectivity index (χ0) is 24.3. The second kappa shape index (κ2) is 9.71. The molecule has 0 amide bonds. The number of allylic oxidation sites excluding steroid dienone is 4. The highest BCUT2D eigenvalue weighted by Crippen LogP contribution is 2.41. The van der Waals surface area contributed by atoms with Crippen LogP contribution in [-0.4, -0.2) is 10.2 Å². The number of hydrogen-bond donors (Lipinski definition) is 2. The van der Waals surface area contributed by atoms with Crippen molar-refractivity contribution < 1.29 is 36.6 Å². The van der Waals surface area contributed by atoms with Crippen LogP contribution < -0.4 is 0 Å². The first-order valence-corrected chi connectivity index (χ1v) is 9.82. The lowest BCUT2D eigenvalue weighted by Crippen LogP contribution is -2.11. The van der Waals surface area contributed by atoms with Gasteiger partial charge in [-0.2, -0.15) is 26.3 Å². The molecule has 2 nitrogen and oxygen atoms in total. The summed E-state index contributed by atoms with van der Waals surface area (Å²) in [6.45, 7) is 5.86. The Morgan fingerprint density at radius 3 is 1.66 bits per heavy atom. The Kier molecular flexibility index (Phi) is 7.70. The molecule has 0 aliphatic rings. The smallest absolute Gasteiger partial charge is 0.416 e. The van der Waals surface area contributed by atoms with E-state index in [1.165, 1.54) is 5.57 Å². The molecule has 2 aromatic rings. The fraction of sp³-hybridized carbons (Fsp3) is 0.333. The summed E-state index contributed by atoms with van der Waals surface area (Å²) in [5.74, 6) is -0.835. The summed E-state index contributed by atoms with van der Waals surface area (Å²) in [5, 5.41) is 20.6. The van der Waals surface area contributed by atoms with Crippen LogP contribution in [0.15, 0.2) is 53.6 Å². The molecular formula is C24H24F6O2. The molecule has 0 spiro atoms. The van der Waals surface area contributed by atoms with E-state index in [2.05, 4.69) is 6.08 Å². The van der Waals surface area contributed by atoms with Gasteiger partial charge in [0.25, 0.3) is 0 Å². The van der Waals surface area contributed by atoms with Gasteiger partial charge in [0, 0.05) is 5.56 Å². The Morgan fingerprint density at radius 1 is 0.750 bits per heavy atom. The van der Waals surface area contributed by atoms with Crippen LogP contribution in [0, 0.1) is 0 Å². The van der Waals surface area contributed by atoms with Crippen LogP contribution >= 0.6 is 0 Å². The monoisotopic (exact) mass is 458 g/mol. The summed E-state index contributed by atoms with van der Waals surface area (Å²) in [4.78, 5) is 0. The number of benzene rings is 2. The van der Waals surface area contributed by atoms with Crippen molar-refractivity contribution in [3.05, 3.63) is 70.3 Å². The Hall–Kier alpha value is -2.90. The molecule has 0 atom stereocenters. The van der Waals surface area contributed by atoms with Gasteiger partial charge in [-0.3, -0.25) is 0 Å².